The molecule has 0 radical (unpaired) electrons. The number of anilines is 1. The van der Waals surface area contributed by atoms with Gasteiger partial charge in [0.25, 0.3) is 0 Å². The van der Waals surface area contributed by atoms with Crippen molar-refractivity contribution in [2.45, 2.75) is 0 Å². The number of benzene rings is 3. The van der Waals surface area contributed by atoms with Crippen LogP contribution in [-0.2, 0) is 0 Å². The lowest BCUT2D eigenvalue weighted by molar-refractivity contribution is 1.36. The molecule has 21 heavy (non-hydrogen) atoms. The van der Waals surface area contributed by atoms with Gasteiger partial charge in [0.1, 0.15) is 0 Å². The predicted molar refractivity (Wildman–Crippen MR) is 91.5 cm³/mol. The third-order valence-electron chi connectivity index (χ3n) is 3.19. The van der Waals surface area contributed by atoms with Crippen LogP contribution in [0.25, 0.3) is 16.8 Å². The standard InChI is InChI=1S/C19H16N2/c1-2-7-16(8-3-1)9-6-14-20-21-19-13-12-17-10-4-5-11-18(17)15-19/h1-15,21H. The summed E-state index contributed by atoms with van der Waals surface area (Å²) in [6, 6.07) is 24.6. The van der Waals surface area contributed by atoms with Gasteiger partial charge in [-0.05, 0) is 34.5 Å². The van der Waals surface area contributed by atoms with Gasteiger partial charge in [0, 0.05) is 6.21 Å². The smallest absolute Gasteiger partial charge is 0.0568 e. The van der Waals surface area contributed by atoms with Crippen LogP contribution in [0.4, 0.5) is 5.69 Å². The third-order valence-corrected chi connectivity index (χ3v) is 3.19. The van der Waals surface area contributed by atoms with Gasteiger partial charge < -0.3 is 0 Å². The first-order chi connectivity index (χ1) is 10.4. The minimum absolute atomic E-state index is 0.984. The van der Waals surface area contributed by atoms with Crippen LogP contribution in [0.15, 0.2) is 84.0 Å². The van der Waals surface area contributed by atoms with Crippen LogP contribution in [-0.4, -0.2) is 6.21 Å². The van der Waals surface area contributed by atoms with Crippen molar-refractivity contribution in [1.29, 1.82) is 0 Å². The van der Waals surface area contributed by atoms with Crippen molar-refractivity contribution in [3.8, 4) is 0 Å². The number of fused-ring (bicyclic) bond motifs is 1. The maximum absolute atomic E-state index is 4.20. The summed E-state index contributed by atoms with van der Waals surface area (Å²) in [5.41, 5.74) is 5.19. The lowest BCUT2D eigenvalue weighted by Gasteiger charge is -2.02. The average Bonchev–Trinajstić information content (AvgIpc) is 2.55. The molecule has 0 amide bonds. The van der Waals surface area contributed by atoms with E-state index in [-0.39, 0.29) is 0 Å². The molecule has 2 nitrogen and oxygen atoms in total. The summed E-state index contributed by atoms with van der Waals surface area (Å²) in [4.78, 5) is 0. The van der Waals surface area contributed by atoms with Crippen LogP contribution in [0.3, 0.4) is 0 Å². The quantitative estimate of drug-likeness (QED) is 0.527. The molecule has 0 aliphatic heterocycles. The van der Waals surface area contributed by atoms with Gasteiger partial charge in [-0.2, -0.15) is 5.10 Å². The molecule has 102 valence electrons. The van der Waals surface area contributed by atoms with E-state index in [9.17, 15) is 0 Å². The fraction of sp³-hybridized carbons (Fsp3) is 0. The van der Waals surface area contributed by atoms with Gasteiger partial charge in [-0.25, -0.2) is 0 Å². The summed E-state index contributed by atoms with van der Waals surface area (Å²) in [6.07, 6.45) is 5.69. The first kappa shape index (κ1) is 13.1. The summed E-state index contributed by atoms with van der Waals surface area (Å²) < 4.78 is 0. The zero-order valence-electron chi connectivity index (χ0n) is 11.6. The van der Waals surface area contributed by atoms with Crippen molar-refractivity contribution in [3.63, 3.8) is 0 Å². The molecule has 0 unspecified atom stereocenters. The van der Waals surface area contributed by atoms with Gasteiger partial charge in [-0.1, -0.05) is 66.7 Å². The Bertz CT molecular complexity index is 774. The molecule has 0 saturated heterocycles. The topological polar surface area (TPSA) is 24.4 Å². The molecular weight excluding hydrogens is 256 g/mol. The molecule has 2 heteroatoms. The molecular formula is C19H16N2. The lowest BCUT2D eigenvalue weighted by Crippen LogP contribution is -1.88. The van der Waals surface area contributed by atoms with Crippen LogP contribution in [0.5, 0.6) is 0 Å². The molecule has 1 N–H and O–H groups in total. The fourth-order valence-electron chi connectivity index (χ4n) is 2.13. The van der Waals surface area contributed by atoms with E-state index >= 15 is 0 Å². The molecule has 0 aliphatic rings. The number of hydrazone groups is 1. The van der Waals surface area contributed by atoms with Crippen LogP contribution in [0.1, 0.15) is 5.56 Å². The number of allylic oxidation sites excluding steroid dienone is 1. The average molecular weight is 272 g/mol. The van der Waals surface area contributed by atoms with Gasteiger partial charge in [-0.15, -0.1) is 0 Å². The van der Waals surface area contributed by atoms with Crippen LogP contribution in [0.2, 0.25) is 0 Å². The maximum atomic E-state index is 4.20. The Hall–Kier alpha value is -2.87. The Kier molecular flexibility index (Phi) is 4.08. The molecule has 0 heterocycles. The van der Waals surface area contributed by atoms with Crippen molar-refractivity contribution in [3.05, 3.63) is 84.4 Å². The number of rotatable bonds is 4. The highest BCUT2D eigenvalue weighted by atomic mass is 15.3. The van der Waals surface area contributed by atoms with Gasteiger partial charge in [0.15, 0.2) is 0 Å². The summed E-state index contributed by atoms with van der Waals surface area (Å²) >= 11 is 0. The van der Waals surface area contributed by atoms with E-state index in [0.717, 1.165) is 11.3 Å². The monoisotopic (exact) mass is 272 g/mol. The predicted octanol–water partition coefficient (Wildman–Crippen LogP) is 4.95. The second kappa shape index (κ2) is 6.53. The number of hydrogen-bond acceptors (Lipinski definition) is 2. The molecule has 3 aromatic carbocycles. The lowest BCUT2D eigenvalue weighted by atomic mass is 10.1. The summed E-state index contributed by atoms with van der Waals surface area (Å²) in [6.45, 7) is 0. The van der Waals surface area contributed by atoms with E-state index in [0.29, 0.717) is 0 Å². The van der Waals surface area contributed by atoms with Crippen molar-refractivity contribution in [2.75, 3.05) is 5.43 Å². The van der Waals surface area contributed by atoms with Crippen LogP contribution in [0, 0.1) is 0 Å². The van der Waals surface area contributed by atoms with E-state index in [1.54, 1.807) is 6.21 Å². The largest absolute Gasteiger partial charge is 0.279 e. The Morgan fingerprint density at radius 2 is 1.52 bits per heavy atom. The van der Waals surface area contributed by atoms with Crippen LogP contribution >= 0.6 is 0 Å². The Labute approximate surface area is 124 Å². The van der Waals surface area contributed by atoms with Gasteiger partial charge in [0.05, 0.1) is 5.69 Å². The summed E-state index contributed by atoms with van der Waals surface area (Å²) in [7, 11) is 0. The van der Waals surface area contributed by atoms with Crippen molar-refractivity contribution in [2.24, 2.45) is 5.10 Å². The summed E-state index contributed by atoms with van der Waals surface area (Å²) in [5, 5.41) is 6.64. The SMILES string of the molecule is C(=Cc1ccccc1)C=NNc1ccc2ccccc2c1. The fourth-order valence-corrected chi connectivity index (χ4v) is 2.13. The first-order valence-electron chi connectivity index (χ1n) is 6.91. The highest BCUT2D eigenvalue weighted by Gasteiger charge is 1.93. The van der Waals surface area contributed by atoms with Crippen molar-refractivity contribution in [1.82, 2.24) is 0 Å². The number of hydrogen-bond donors (Lipinski definition) is 1. The Morgan fingerprint density at radius 1 is 0.762 bits per heavy atom. The molecule has 0 bridgehead atoms. The van der Waals surface area contributed by atoms with E-state index in [1.165, 1.54) is 10.8 Å². The second-order valence-electron chi connectivity index (χ2n) is 4.72. The zero-order chi connectivity index (χ0) is 14.3. The molecule has 3 aromatic rings. The van der Waals surface area contributed by atoms with E-state index < -0.39 is 0 Å². The molecule has 0 saturated carbocycles. The molecule has 3 rings (SSSR count). The van der Waals surface area contributed by atoms with Crippen molar-refractivity contribution >= 4 is 28.8 Å². The summed E-state index contributed by atoms with van der Waals surface area (Å²) in [5.74, 6) is 0. The van der Waals surface area contributed by atoms with Crippen LogP contribution < -0.4 is 5.43 Å². The Balaban J connectivity index is 1.63. The molecule has 0 aromatic heterocycles. The molecule has 0 aliphatic carbocycles. The van der Waals surface area contributed by atoms with Crippen molar-refractivity contribution < 1.29 is 0 Å². The second-order valence-corrected chi connectivity index (χ2v) is 4.72. The number of nitrogens with zero attached hydrogens (tertiary/aromatic N) is 1. The van der Waals surface area contributed by atoms with E-state index in [4.69, 9.17) is 0 Å². The highest BCUT2D eigenvalue weighted by molar-refractivity contribution is 5.86. The van der Waals surface area contributed by atoms with Gasteiger partial charge >= 0.3 is 0 Å². The van der Waals surface area contributed by atoms with E-state index in [2.05, 4.69) is 46.9 Å². The minimum Gasteiger partial charge on any atom is -0.279 e. The van der Waals surface area contributed by atoms with Gasteiger partial charge in [-0.3, -0.25) is 5.43 Å². The van der Waals surface area contributed by atoms with E-state index in [1.807, 2.05) is 48.6 Å². The Morgan fingerprint density at radius 3 is 2.38 bits per heavy atom. The minimum atomic E-state index is 0.984. The third kappa shape index (κ3) is 3.57. The highest BCUT2D eigenvalue weighted by Crippen LogP contribution is 2.18. The zero-order valence-corrected chi connectivity index (χ0v) is 11.6. The normalized spacial score (nSPS) is 11.4. The molecule has 0 fully saturated rings. The maximum Gasteiger partial charge on any atom is 0.0568 e. The molecule has 0 atom stereocenters. The number of nitrogens with one attached hydrogen (secondary N) is 1. The van der Waals surface area contributed by atoms with Gasteiger partial charge in [0.2, 0.25) is 0 Å². The first-order valence-corrected chi connectivity index (χ1v) is 6.91. The molecule has 0 spiro atoms.